The van der Waals surface area contributed by atoms with Gasteiger partial charge in [-0.1, -0.05) is 24.3 Å². The third kappa shape index (κ3) is 2.93. The zero-order valence-electron chi connectivity index (χ0n) is 15.1. The lowest BCUT2D eigenvalue weighted by atomic mass is 10.0. The van der Waals surface area contributed by atoms with Crippen molar-refractivity contribution in [2.75, 3.05) is 0 Å². The van der Waals surface area contributed by atoms with Crippen molar-refractivity contribution in [2.45, 2.75) is 13.8 Å². The average molecular weight is 357 g/mol. The average Bonchev–Trinajstić information content (AvgIpc) is 2.99. The van der Waals surface area contributed by atoms with E-state index in [9.17, 15) is 10.2 Å². The highest BCUT2D eigenvalue weighted by Crippen LogP contribution is 2.40. The highest BCUT2D eigenvalue weighted by atomic mass is 16.3. The number of pyridine rings is 1. The van der Waals surface area contributed by atoms with Crippen LogP contribution < -0.4 is 0 Å². The molecule has 0 aliphatic heterocycles. The number of hydrogen-bond acceptors (Lipinski definition) is 4. The molecule has 2 heterocycles. The van der Waals surface area contributed by atoms with Crippen molar-refractivity contribution in [3.63, 3.8) is 0 Å². The van der Waals surface area contributed by atoms with E-state index >= 15 is 0 Å². The third-order valence-corrected chi connectivity index (χ3v) is 4.56. The molecule has 5 nitrogen and oxygen atoms in total. The van der Waals surface area contributed by atoms with Crippen LogP contribution in [-0.4, -0.2) is 25.0 Å². The lowest BCUT2D eigenvalue weighted by molar-refractivity contribution is 0.451. The quantitative estimate of drug-likeness (QED) is 0.561. The molecule has 4 aromatic rings. The molecule has 2 N–H and O–H groups in total. The second-order valence-corrected chi connectivity index (χ2v) is 6.42. The van der Waals surface area contributed by atoms with Crippen LogP contribution in [0.25, 0.3) is 28.2 Å². The Morgan fingerprint density at radius 3 is 2.37 bits per heavy atom. The van der Waals surface area contributed by atoms with Gasteiger partial charge in [-0.15, -0.1) is 0 Å². The first kappa shape index (κ1) is 16.8. The van der Waals surface area contributed by atoms with Gasteiger partial charge < -0.3 is 10.2 Å². The zero-order chi connectivity index (χ0) is 19.0. The number of aryl methyl sites for hydroxylation is 2. The predicted molar refractivity (Wildman–Crippen MR) is 105 cm³/mol. The molecule has 5 heteroatoms. The van der Waals surface area contributed by atoms with Crippen LogP contribution in [0.5, 0.6) is 11.5 Å². The van der Waals surface area contributed by atoms with Crippen molar-refractivity contribution in [1.82, 2.24) is 14.8 Å². The number of benzene rings is 2. The number of aromatic hydroxyl groups is 2. The molecule has 0 unspecified atom stereocenters. The molecule has 2 aromatic carbocycles. The largest absolute Gasteiger partial charge is 0.508 e. The molecule has 2 aromatic heterocycles. The molecule has 0 aliphatic rings. The maximum Gasteiger partial charge on any atom is 0.128 e. The van der Waals surface area contributed by atoms with Crippen LogP contribution in [0.15, 0.2) is 66.9 Å². The van der Waals surface area contributed by atoms with E-state index < -0.39 is 0 Å². The van der Waals surface area contributed by atoms with Gasteiger partial charge in [-0.25, -0.2) is 4.68 Å². The van der Waals surface area contributed by atoms with E-state index in [0.29, 0.717) is 5.56 Å². The van der Waals surface area contributed by atoms with Gasteiger partial charge in [0.05, 0.1) is 22.8 Å². The summed E-state index contributed by atoms with van der Waals surface area (Å²) in [6, 6.07) is 18.2. The Balaban J connectivity index is 2.08. The topological polar surface area (TPSA) is 71.2 Å². The second kappa shape index (κ2) is 6.61. The molecular formula is C22H19N3O2. The van der Waals surface area contributed by atoms with Gasteiger partial charge in [0, 0.05) is 23.4 Å². The number of para-hydroxylation sites is 1. The smallest absolute Gasteiger partial charge is 0.128 e. The van der Waals surface area contributed by atoms with Crippen molar-refractivity contribution < 1.29 is 10.2 Å². The summed E-state index contributed by atoms with van der Waals surface area (Å²) in [4.78, 5) is 4.49. The van der Waals surface area contributed by atoms with Crippen LogP contribution in [-0.2, 0) is 0 Å². The Kier molecular flexibility index (Phi) is 4.12. The lowest BCUT2D eigenvalue weighted by Crippen LogP contribution is -2.02. The summed E-state index contributed by atoms with van der Waals surface area (Å²) in [5.74, 6) is -0.00349. The van der Waals surface area contributed by atoms with Crippen molar-refractivity contribution in [3.05, 3.63) is 78.1 Å². The molecule has 0 atom stereocenters. The van der Waals surface area contributed by atoms with E-state index in [1.165, 1.54) is 6.07 Å². The number of aromatic nitrogens is 3. The molecule has 134 valence electrons. The Bertz CT molecular complexity index is 1120. The fourth-order valence-electron chi connectivity index (χ4n) is 3.29. The number of hydrogen-bond donors (Lipinski definition) is 2. The predicted octanol–water partition coefficient (Wildman–Crippen LogP) is 4.63. The van der Waals surface area contributed by atoms with Gasteiger partial charge in [-0.05, 0) is 49.7 Å². The summed E-state index contributed by atoms with van der Waals surface area (Å²) in [7, 11) is 0. The zero-order valence-corrected chi connectivity index (χ0v) is 15.1. The molecule has 0 saturated heterocycles. The fraction of sp³-hybridized carbons (Fsp3) is 0.0909. The molecule has 0 fully saturated rings. The van der Waals surface area contributed by atoms with Gasteiger partial charge in [0.1, 0.15) is 11.5 Å². The minimum Gasteiger partial charge on any atom is -0.508 e. The SMILES string of the molecule is Cc1ccccc1-n1nc(C)c(-c2ccccn2)c1-c1ccc(O)cc1O. The molecule has 0 spiro atoms. The number of rotatable bonds is 3. The molecule has 0 amide bonds. The summed E-state index contributed by atoms with van der Waals surface area (Å²) < 4.78 is 1.83. The third-order valence-electron chi connectivity index (χ3n) is 4.56. The minimum atomic E-state index is -0.0121. The van der Waals surface area contributed by atoms with E-state index in [2.05, 4.69) is 4.98 Å². The van der Waals surface area contributed by atoms with Crippen molar-refractivity contribution >= 4 is 0 Å². The molecular weight excluding hydrogens is 338 g/mol. The number of nitrogens with zero attached hydrogens (tertiary/aromatic N) is 3. The van der Waals surface area contributed by atoms with Crippen LogP contribution in [0.1, 0.15) is 11.3 Å². The van der Waals surface area contributed by atoms with Crippen molar-refractivity contribution in [3.8, 4) is 39.7 Å². The van der Waals surface area contributed by atoms with E-state index in [-0.39, 0.29) is 11.5 Å². The number of phenolic OH excluding ortho intramolecular Hbond substituents is 2. The van der Waals surface area contributed by atoms with Crippen molar-refractivity contribution in [1.29, 1.82) is 0 Å². The maximum absolute atomic E-state index is 10.5. The Morgan fingerprint density at radius 2 is 1.67 bits per heavy atom. The van der Waals surface area contributed by atoms with Gasteiger partial charge in [0.2, 0.25) is 0 Å². The summed E-state index contributed by atoms with van der Waals surface area (Å²) in [6.07, 6.45) is 1.74. The highest BCUT2D eigenvalue weighted by molar-refractivity contribution is 5.85. The van der Waals surface area contributed by atoms with Crippen LogP contribution in [0, 0.1) is 13.8 Å². The molecule has 0 bridgehead atoms. The standard InChI is InChI=1S/C22H19N3O2/c1-14-7-3-4-9-19(14)25-22(17-11-10-16(26)13-20(17)27)21(15(2)24-25)18-8-5-6-12-23-18/h3-13,26-27H,1-2H3. The Labute approximate surface area is 157 Å². The summed E-state index contributed by atoms with van der Waals surface area (Å²) >= 11 is 0. The van der Waals surface area contributed by atoms with Gasteiger partial charge in [0.15, 0.2) is 0 Å². The highest BCUT2D eigenvalue weighted by Gasteiger charge is 2.23. The first-order valence-corrected chi connectivity index (χ1v) is 8.65. The molecule has 0 aliphatic carbocycles. The van der Waals surface area contributed by atoms with Crippen LogP contribution in [0.3, 0.4) is 0 Å². The normalized spacial score (nSPS) is 10.9. The first-order chi connectivity index (χ1) is 13.1. The van der Waals surface area contributed by atoms with Gasteiger partial charge in [-0.3, -0.25) is 4.98 Å². The summed E-state index contributed by atoms with van der Waals surface area (Å²) in [6.45, 7) is 3.95. The Morgan fingerprint density at radius 1 is 0.889 bits per heavy atom. The molecule has 4 rings (SSSR count). The van der Waals surface area contributed by atoms with E-state index in [4.69, 9.17) is 5.10 Å². The van der Waals surface area contributed by atoms with Gasteiger partial charge in [0.25, 0.3) is 0 Å². The van der Waals surface area contributed by atoms with Crippen LogP contribution in [0.2, 0.25) is 0 Å². The van der Waals surface area contributed by atoms with Crippen LogP contribution in [0.4, 0.5) is 0 Å². The maximum atomic E-state index is 10.5. The van der Waals surface area contributed by atoms with E-state index in [1.807, 2.05) is 61.0 Å². The van der Waals surface area contributed by atoms with E-state index in [1.54, 1.807) is 18.3 Å². The number of phenols is 2. The Hall–Kier alpha value is -3.60. The van der Waals surface area contributed by atoms with Crippen molar-refractivity contribution in [2.24, 2.45) is 0 Å². The first-order valence-electron chi connectivity index (χ1n) is 8.65. The second-order valence-electron chi connectivity index (χ2n) is 6.42. The summed E-state index contributed by atoms with van der Waals surface area (Å²) in [5, 5.41) is 25.0. The lowest BCUT2D eigenvalue weighted by Gasteiger charge is -2.13. The summed E-state index contributed by atoms with van der Waals surface area (Å²) in [5.41, 5.74) is 5.73. The minimum absolute atomic E-state index is 0.00863. The van der Waals surface area contributed by atoms with Gasteiger partial charge in [-0.2, -0.15) is 5.10 Å². The molecule has 0 saturated carbocycles. The fourth-order valence-corrected chi connectivity index (χ4v) is 3.29. The molecule has 27 heavy (non-hydrogen) atoms. The monoisotopic (exact) mass is 357 g/mol. The molecule has 0 radical (unpaired) electrons. The van der Waals surface area contributed by atoms with Crippen LogP contribution >= 0.6 is 0 Å². The van der Waals surface area contributed by atoms with Gasteiger partial charge >= 0.3 is 0 Å². The van der Waals surface area contributed by atoms with E-state index in [0.717, 1.165) is 33.9 Å².